The number of aromatic nitrogens is 1. The first kappa shape index (κ1) is 14.4. The lowest BCUT2D eigenvalue weighted by molar-refractivity contribution is 0.0636. The molecule has 0 saturated carbocycles. The molecule has 0 unspecified atom stereocenters. The lowest BCUT2D eigenvalue weighted by atomic mass is 10.2. The second-order valence-electron chi connectivity index (χ2n) is 5.39. The van der Waals surface area contributed by atoms with E-state index in [1.807, 2.05) is 0 Å². The second-order valence-corrected chi connectivity index (χ2v) is 5.73. The summed E-state index contributed by atoms with van der Waals surface area (Å²) in [6, 6.07) is 6.83. The maximum atomic E-state index is 11.7. The van der Waals surface area contributed by atoms with Crippen molar-refractivity contribution in [3.63, 3.8) is 0 Å². The highest BCUT2D eigenvalue weighted by Crippen LogP contribution is 2.21. The Kier molecular flexibility index (Phi) is 3.72. The highest BCUT2D eigenvalue weighted by Gasteiger charge is 2.16. The van der Waals surface area contributed by atoms with Crippen molar-refractivity contribution >= 4 is 39.5 Å². The van der Waals surface area contributed by atoms with Gasteiger partial charge in [-0.2, -0.15) is 0 Å². The number of anilines is 1. The fourth-order valence-corrected chi connectivity index (χ4v) is 1.84. The number of hydrogen-bond acceptors (Lipinski definition) is 3. The van der Waals surface area contributed by atoms with Gasteiger partial charge in [-0.15, -0.1) is 0 Å². The largest absolute Gasteiger partial charge is 0.444 e. The van der Waals surface area contributed by atoms with Gasteiger partial charge >= 0.3 is 6.09 Å². The number of nitrogens with one attached hydrogen (secondary N) is 2. The summed E-state index contributed by atoms with van der Waals surface area (Å²) in [6.07, 6.45) is -0.527. The monoisotopic (exact) mass is 294 g/mol. The van der Waals surface area contributed by atoms with E-state index in [4.69, 9.17) is 16.3 Å². The number of amides is 1. The molecule has 106 valence electrons. The Bertz CT molecular complexity index is 671. The summed E-state index contributed by atoms with van der Waals surface area (Å²) in [5.74, 6) is 0. The van der Waals surface area contributed by atoms with Crippen LogP contribution in [0.2, 0.25) is 0 Å². The molecule has 5 nitrogen and oxygen atoms in total. The Morgan fingerprint density at radius 2 is 1.95 bits per heavy atom. The SMILES string of the molecule is CC(C)(C)OC(=O)Nc1ccc2[nH]c(C(=O)Cl)cc2c1. The van der Waals surface area contributed by atoms with Crippen molar-refractivity contribution in [3.8, 4) is 0 Å². The van der Waals surface area contributed by atoms with Gasteiger partial charge in [-0.05, 0) is 56.6 Å². The van der Waals surface area contributed by atoms with Crippen LogP contribution in [0.1, 0.15) is 31.3 Å². The molecule has 2 N–H and O–H groups in total. The number of rotatable bonds is 2. The van der Waals surface area contributed by atoms with Crippen molar-refractivity contribution in [2.24, 2.45) is 0 Å². The summed E-state index contributed by atoms with van der Waals surface area (Å²) in [4.78, 5) is 25.6. The molecule has 0 radical (unpaired) electrons. The van der Waals surface area contributed by atoms with Gasteiger partial charge in [0.15, 0.2) is 0 Å². The van der Waals surface area contributed by atoms with Crippen LogP contribution < -0.4 is 5.32 Å². The fourth-order valence-electron chi connectivity index (χ4n) is 1.74. The summed E-state index contributed by atoms with van der Waals surface area (Å²) >= 11 is 5.41. The molecule has 1 aromatic carbocycles. The van der Waals surface area contributed by atoms with Crippen LogP contribution in [-0.2, 0) is 4.74 Å². The van der Waals surface area contributed by atoms with E-state index in [-0.39, 0.29) is 0 Å². The van der Waals surface area contributed by atoms with Crippen molar-refractivity contribution in [1.82, 2.24) is 4.98 Å². The zero-order valence-corrected chi connectivity index (χ0v) is 12.2. The first-order valence-electron chi connectivity index (χ1n) is 6.07. The van der Waals surface area contributed by atoms with E-state index >= 15 is 0 Å². The third-order valence-corrected chi connectivity index (χ3v) is 2.68. The van der Waals surface area contributed by atoms with Crippen LogP contribution in [0.4, 0.5) is 10.5 Å². The average Bonchev–Trinajstić information content (AvgIpc) is 2.69. The first-order chi connectivity index (χ1) is 9.24. The van der Waals surface area contributed by atoms with E-state index in [9.17, 15) is 9.59 Å². The van der Waals surface area contributed by atoms with E-state index in [0.717, 1.165) is 10.9 Å². The van der Waals surface area contributed by atoms with Crippen LogP contribution in [0.3, 0.4) is 0 Å². The zero-order valence-electron chi connectivity index (χ0n) is 11.4. The number of benzene rings is 1. The van der Waals surface area contributed by atoms with Gasteiger partial charge in [-0.1, -0.05) is 0 Å². The van der Waals surface area contributed by atoms with Gasteiger partial charge in [0, 0.05) is 16.6 Å². The topological polar surface area (TPSA) is 71.2 Å². The highest BCUT2D eigenvalue weighted by atomic mass is 35.5. The molecule has 0 bridgehead atoms. The molecule has 1 aromatic heterocycles. The minimum atomic E-state index is -0.555. The highest BCUT2D eigenvalue weighted by molar-refractivity contribution is 6.67. The molecule has 2 rings (SSSR count). The number of carbonyl (C=O) groups is 2. The fraction of sp³-hybridized carbons (Fsp3) is 0.286. The maximum absolute atomic E-state index is 11.7. The van der Waals surface area contributed by atoms with E-state index in [0.29, 0.717) is 11.4 Å². The Hall–Kier alpha value is -2.01. The van der Waals surface area contributed by atoms with Crippen molar-refractivity contribution in [2.45, 2.75) is 26.4 Å². The molecule has 0 spiro atoms. The minimum absolute atomic E-state index is 0.316. The number of hydrogen-bond donors (Lipinski definition) is 2. The first-order valence-corrected chi connectivity index (χ1v) is 6.45. The van der Waals surface area contributed by atoms with Gasteiger partial charge in [-0.25, -0.2) is 4.79 Å². The molecule has 2 aromatic rings. The lowest BCUT2D eigenvalue weighted by Gasteiger charge is -2.19. The van der Waals surface area contributed by atoms with Gasteiger partial charge in [0.1, 0.15) is 5.60 Å². The Morgan fingerprint density at radius 3 is 2.55 bits per heavy atom. The summed E-state index contributed by atoms with van der Waals surface area (Å²) in [7, 11) is 0. The summed E-state index contributed by atoms with van der Waals surface area (Å²) in [5.41, 5.74) is 1.11. The Morgan fingerprint density at radius 1 is 1.25 bits per heavy atom. The normalized spacial score (nSPS) is 11.4. The molecule has 0 saturated heterocycles. The van der Waals surface area contributed by atoms with E-state index < -0.39 is 16.9 Å². The summed E-state index contributed by atoms with van der Waals surface area (Å²) < 4.78 is 5.16. The molecule has 20 heavy (non-hydrogen) atoms. The lowest BCUT2D eigenvalue weighted by Crippen LogP contribution is -2.27. The molecule has 6 heteroatoms. The van der Waals surface area contributed by atoms with Crippen LogP contribution in [0.25, 0.3) is 10.9 Å². The molecule has 0 aliphatic rings. The van der Waals surface area contributed by atoms with Crippen LogP contribution >= 0.6 is 11.6 Å². The van der Waals surface area contributed by atoms with E-state index in [1.54, 1.807) is 45.0 Å². The minimum Gasteiger partial charge on any atom is -0.444 e. The molecular formula is C14H15ClN2O3. The van der Waals surface area contributed by atoms with Gasteiger partial charge < -0.3 is 9.72 Å². The Balaban J connectivity index is 2.19. The van der Waals surface area contributed by atoms with Crippen molar-refractivity contribution in [2.75, 3.05) is 5.32 Å². The number of fused-ring (bicyclic) bond motifs is 1. The van der Waals surface area contributed by atoms with Crippen molar-refractivity contribution in [1.29, 1.82) is 0 Å². The molecule has 1 heterocycles. The van der Waals surface area contributed by atoms with E-state index in [2.05, 4.69) is 10.3 Å². The van der Waals surface area contributed by atoms with Gasteiger partial charge in [0.25, 0.3) is 5.24 Å². The van der Waals surface area contributed by atoms with Gasteiger partial charge in [0.05, 0.1) is 5.69 Å². The Labute approximate surface area is 121 Å². The van der Waals surface area contributed by atoms with Crippen LogP contribution in [-0.4, -0.2) is 21.9 Å². The molecule has 1 amide bonds. The third kappa shape index (κ3) is 3.51. The number of carbonyl (C=O) groups excluding carboxylic acids is 2. The second kappa shape index (κ2) is 5.17. The number of H-pyrrole nitrogens is 1. The third-order valence-electron chi connectivity index (χ3n) is 2.48. The predicted molar refractivity (Wildman–Crippen MR) is 78.3 cm³/mol. The number of ether oxygens (including phenoxy) is 1. The summed E-state index contributed by atoms with van der Waals surface area (Å²) in [6.45, 7) is 5.38. The van der Waals surface area contributed by atoms with E-state index in [1.165, 1.54) is 0 Å². The quantitative estimate of drug-likeness (QED) is 0.825. The molecule has 0 atom stereocenters. The zero-order chi connectivity index (χ0) is 14.9. The predicted octanol–water partition coefficient (Wildman–Crippen LogP) is 3.89. The van der Waals surface area contributed by atoms with Gasteiger partial charge in [-0.3, -0.25) is 10.1 Å². The van der Waals surface area contributed by atoms with Gasteiger partial charge in [0.2, 0.25) is 0 Å². The van der Waals surface area contributed by atoms with Crippen LogP contribution in [0, 0.1) is 0 Å². The molecular weight excluding hydrogens is 280 g/mol. The number of aromatic amines is 1. The maximum Gasteiger partial charge on any atom is 0.412 e. The van der Waals surface area contributed by atoms with Crippen LogP contribution in [0.5, 0.6) is 0 Å². The van der Waals surface area contributed by atoms with Crippen LogP contribution in [0.15, 0.2) is 24.3 Å². The van der Waals surface area contributed by atoms with Crippen molar-refractivity contribution < 1.29 is 14.3 Å². The number of halogens is 1. The van der Waals surface area contributed by atoms with Crippen molar-refractivity contribution in [3.05, 3.63) is 30.0 Å². The molecule has 0 fully saturated rings. The summed E-state index contributed by atoms with van der Waals surface area (Å²) in [5, 5.41) is 2.86. The average molecular weight is 295 g/mol. The molecule has 0 aliphatic carbocycles. The smallest absolute Gasteiger partial charge is 0.412 e. The molecule has 0 aliphatic heterocycles. The standard InChI is InChI=1S/C14H15ClN2O3/c1-14(2,3)20-13(19)16-9-4-5-10-8(6-9)7-11(17-10)12(15)18/h4-7,17H,1-3H3,(H,16,19).